The van der Waals surface area contributed by atoms with Gasteiger partial charge < -0.3 is 5.73 Å². The van der Waals surface area contributed by atoms with Crippen molar-refractivity contribution in [2.45, 2.75) is 18.9 Å². The second-order valence-corrected chi connectivity index (χ2v) is 5.71. The molecule has 1 nitrogen and oxygen atoms in total. The van der Waals surface area contributed by atoms with Gasteiger partial charge in [0.25, 0.3) is 0 Å². The molecule has 0 aliphatic carbocycles. The van der Waals surface area contributed by atoms with Crippen LogP contribution in [0, 0.1) is 5.82 Å². The van der Waals surface area contributed by atoms with Gasteiger partial charge in [-0.25, -0.2) is 4.39 Å². The van der Waals surface area contributed by atoms with E-state index in [0.717, 1.165) is 16.3 Å². The lowest BCUT2D eigenvalue weighted by molar-refractivity contribution is 0.479. The Morgan fingerprint density at radius 3 is 2.38 bits per heavy atom. The summed E-state index contributed by atoms with van der Waals surface area (Å²) < 4.78 is 13.9. The first kappa shape index (κ1) is 13.8. The number of halogens is 1. The molecule has 21 heavy (non-hydrogen) atoms. The summed E-state index contributed by atoms with van der Waals surface area (Å²) in [6.07, 6.45) is 0.466. The summed E-state index contributed by atoms with van der Waals surface area (Å²) in [5, 5.41) is 2.28. The first-order chi connectivity index (χ1) is 10.1. The highest BCUT2D eigenvalue weighted by Crippen LogP contribution is 2.30. The Bertz CT molecular complexity index is 772. The van der Waals surface area contributed by atoms with Crippen LogP contribution in [0.4, 0.5) is 4.39 Å². The molecule has 106 valence electrons. The Morgan fingerprint density at radius 1 is 0.905 bits per heavy atom. The maximum atomic E-state index is 13.9. The third-order valence-corrected chi connectivity index (χ3v) is 3.92. The summed E-state index contributed by atoms with van der Waals surface area (Å²) in [6.45, 7) is 1.96. The van der Waals surface area contributed by atoms with Crippen molar-refractivity contribution in [3.05, 3.63) is 83.7 Å². The molecule has 0 bridgehead atoms. The maximum absolute atomic E-state index is 13.9. The van der Waals surface area contributed by atoms with Crippen molar-refractivity contribution in [2.24, 2.45) is 5.73 Å². The quantitative estimate of drug-likeness (QED) is 0.755. The van der Waals surface area contributed by atoms with Crippen LogP contribution in [0.2, 0.25) is 0 Å². The third kappa shape index (κ3) is 2.67. The van der Waals surface area contributed by atoms with Gasteiger partial charge in [0.15, 0.2) is 0 Å². The predicted octanol–water partition coefficient (Wildman–Crippen LogP) is 4.40. The van der Waals surface area contributed by atoms with Gasteiger partial charge in [-0.15, -0.1) is 0 Å². The lowest BCUT2D eigenvalue weighted by atomic mass is 9.83. The molecule has 0 amide bonds. The standard InChI is InChI=1S/C19H18FN/c1-19(21,13-15-8-3-5-12-18(15)20)17-11-6-9-14-7-2-4-10-16(14)17/h2-12H,13,21H2,1H3. The summed E-state index contributed by atoms with van der Waals surface area (Å²) in [4.78, 5) is 0. The van der Waals surface area contributed by atoms with E-state index in [4.69, 9.17) is 5.73 Å². The van der Waals surface area contributed by atoms with Gasteiger partial charge in [0.05, 0.1) is 0 Å². The Balaban J connectivity index is 2.06. The minimum atomic E-state index is -0.622. The van der Waals surface area contributed by atoms with Crippen molar-refractivity contribution < 1.29 is 4.39 Å². The third-order valence-electron chi connectivity index (χ3n) is 3.92. The van der Waals surface area contributed by atoms with Crippen LogP contribution in [0.1, 0.15) is 18.1 Å². The van der Waals surface area contributed by atoms with Crippen LogP contribution in [0.5, 0.6) is 0 Å². The van der Waals surface area contributed by atoms with Gasteiger partial charge >= 0.3 is 0 Å². The second-order valence-electron chi connectivity index (χ2n) is 5.71. The smallest absolute Gasteiger partial charge is 0.126 e. The van der Waals surface area contributed by atoms with Crippen molar-refractivity contribution in [3.8, 4) is 0 Å². The molecule has 0 saturated carbocycles. The molecule has 0 aliphatic heterocycles. The Morgan fingerprint density at radius 2 is 1.57 bits per heavy atom. The molecule has 0 heterocycles. The fraction of sp³-hybridized carbons (Fsp3) is 0.158. The number of fused-ring (bicyclic) bond motifs is 1. The highest BCUT2D eigenvalue weighted by atomic mass is 19.1. The molecule has 0 aliphatic rings. The zero-order valence-corrected chi connectivity index (χ0v) is 12.0. The number of rotatable bonds is 3. The Kier molecular flexibility index (Phi) is 3.48. The van der Waals surface area contributed by atoms with Crippen LogP contribution in [0.15, 0.2) is 66.7 Å². The number of nitrogens with two attached hydrogens (primary N) is 1. The lowest BCUT2D eigenvalue weighted by Crippen LogP contribution is -2.36. The fourth-order valence-corrected chi connectivity index (χ4v) is 2.86. The Hall–Kier alpha value is -2.19. The van der Waals surface area contributed by atoms with Crippen LogP contribution in [0.25, 0.3) is 10.8 Å². The fourth-order valence-electron chi connectivity index (χ4n) is 2.86. The van der Waals surface area contributed by atoms with Gasteiger partial charge in [-0.3, -0.25) is 0 Å². The summed E-state index contributed by atoms with van der Waals surface area (Å²) in [5.74, 6) is -0.200. The summed E-state index contributed by atoms with van der Waals surface area (Å²) in [7, 11) is 0. The van der Waals surface area contributed by atoms with Crippen LogP contribution in [-0.2, 0) is 12.0 Å². The highest BCUT2D eigenvalue weighted by Gasteiger charge is 2.24. The average Bonchev–Trinajstić information content (AvgIpc) is 2.49. The van der Waals surface area contributed by atoms with Crippen LogP contribution in [0.3, 0.4) is 0 Å². The topological polar surface area (TPSA) is 26.0 Å². The van der Waals surface area contributed by atoms with Crippen molar-refractivity contribution in [1.29, 1.82) is 0 Å². The molecule has 0 spiro atoms. The first-order valence-corrected chi connectivity index (χ1v) is 7.08. The zero-order valence-electron chi connectivity index (χ0n) is 12.0. The normalized spacial score (nSPS) is 14.0. The van der Waals surface area contributed by atoms with E-state index in [1.54, 1.807) is 12.1 Å². The predicted molar refractivity (Wildman–Crippen MR) is 85.6 cm³/mol. The first-order valence-electron chi connectivity index (χ1n) is 7.08. The molecule has 0 saturated heterocycles. The van der Waals surface area contributed by atoms with E-state index < -0.39 is 5.54 Å². The molecular weight excluding hydrogens is 261 g/mol. The molecule has 3 aromatic carbocycles. The van der Waals surface area contributed by atoms with Gasteiger partial charge in [0.2, 0.25) is 0 Å². The van der Waals surface area contributed by atoms with Gasteiger partial charge in [-0.2, -0.15) is 0 Å². The Labute approximate surface area is 124 Å². The molecular formula is C19H18FN. The molecule has 2 N–H and O–H groups in total. The second kappa shape index (κ2) is 5.30. The van der Waals surface area contributed by atoms with Gasteiger partial charge in [-0.05, 0) is 41.3 Å². The number of hydrogen-bond donors (Lipinski definition) is 1. The van der Waals surface area contributed by atoms with Gasteiger partial charge in [-0.1, -0.05) is 60.7 Å². The van der Waals surface area contributed by atoms with E-state index in [1.807, 2.05) is 37.3 Å². The summed E-state index contributed by atoms with van der Waals surface area (Å²) >= 11 is 0. The minimum absolute atomic E-state index is 0.200. The van der Waals surface area contributed by atoms with Crippen LogP contribution >= 0.6 is 0 Å². The molecule has 0 aromatic heterocycles. The van der Waals surface area contributed by atoms with Crippen LogP contribution in [-0.4, -0.2) is 0 Å². The number of benzene rings is 3. The molecule has 0 fully saturated rings. The van der Waals surface area contributed by atoms with E-state index in [-0.39, 0.29) is 5.82 Å². The average molecular weight is 279 g/mol. The van der Waals surface area contributed by atoms with Gasteiger partial charge in [0, 0.05) is 5.54 Å². The molecule has 2 heteroatoms. The molecule has 1 atom stereocenters. The van der Waals surface area contributed by atoms with Gasteiger partial charge in [0.1, 0.15) is 5.82 Å². The zero-order chi connectivity index (χ0) is 14.9. The van der Waals surface area contributed by atoms with Crippen molar-refractivity contribution in [3.63, 3.8) is 0 Å². The van der Waals surface area contributed by atoms with Crippen LogP contribution < -0.4 is 5.73 Å². The minimum Gasteiger partial charge on any atom is -0.321 e. The molecule has 0 radical (unpaired) electrons. The molecule has 3 aromatic rings. The maximum Gasteiger partial charge on any atom is 0.126 e. The van der Waals surface area contributed by atoms with E-state index >= 15 is 0 Å². The highest BCUT2D eigenvalue weighted by molar-refractivity contribution is 5.86. The summed E-state index contributed by atoms with van der Waals surface area (Å²) in [5.41, 5.74) is 7.61. The number of hydrogen-bond acceptors (Lipinski definition) is 1. The van der Waals surface area contributed by atoms with Crippen molar-refractivity contribution in [1.82, 2.24) is 0 Å². The molecule has 3 rings (SSSR count). The monoisotopic (exact) mass is 279 g/mol. The van der Waals surface area contributed by atoms with Crippen molar-refractivity contribution in [2.75, 3.05) is 0 Å². The molecule has 1 unspecified atom stereocenters. The summed E-state index contributed by atoms with van der Waals surface area (Å²) in [6, 6.07) is 21.1. The largest absolute Gasteiger partial charge is 0.321 e. The van der Waals surface area contributed by atoms with E-state index in [2.05, 4.69) is 18.2 Å². The van der Waals surface area contributed by atoms with E-state index in [1.165, 1.54) is 6.07 Å². The van der Waals surface area contributed by atoms with E-state index in [0.29, 0.717) is 12.0 Å². The van der Waals surface area contributed by atoms with Crippen molar-refractivity contribution >= 4 is 10.8 Å². The SMILES string of the molecule is CC(N)(Cc1ccccc1F)c1cccc2ccccc12. The lowest BCUT2D eigenvalue weighted by Gasteiger charge is -2.27. The van der Waals surface area contributed by atoms with E-state index in [9.17, 15) is 4.39 Å².